The zero-order chi connectivity index (χ0) is 28.7. The van der Waals surface area contributed by atoms with E-state index in [1.807, 2.05) is 6.26 Å². The van der Waals surface area contributed by atoms with Crippen LogP contribution < -0.4 is 25.3 Å². The summed E-state index contributed by atoms with van der Waals surface area (Å²) < 4.78 is 48.6. The summed E-state index contributed by atoms with van der Waals surface area (Å²) in [5, 5.41) is 3.77. The van der Waals surface area contributed by atoms with Crippen LogP contribution >= 0.6 is 11.8 Å². The fourth-order valence-electron chi connectivity index (χ4n) is 4.61. The number of hydrogen-bond acceptors (Lipinski definition) is 7. The van der Waals surface area contributed by atoms with Crippen LogP contribution in [0.5, 0.6) is 23.0 Å². The molecule has 0 spiro atoms. The highest BCUT2D eigenvalue weighted by atomic mass is 32.2. The number of methoxy groups -OCH3 is 2. The SMILES string of the molecule is COc1cc2nc(SC)cc(Oc3c(F)cccc3C3(F)C=CC(NC(=O)C4(C(N)=O)CC4)=CC3)c2cc1OC. The van der Waals surface area contributed by atoms with Crippen molar-refractivity contribution in [1.29, 1.82) is 0 Å². The van der Waals surface area contributed by atoms with E-state index < -0.39 is 28.7 Å². The number of nitrogens with zero attached hydrogens (tertiary/aromatic N) is 1. The van der Waals surface area contributed by atoms with Crippen molar-refractivity contribution in [3.63, 3.8) is 0 Å². The lowest BCUT2D eigenvalue weighted by atomic mass is 9.87. The molecule has 3 aromatic rings. The second-order valence-corrected chi connectivity index (χ2v) is 10.4. The quantitative estimate of drug-likeness (QED) is 0.267. The molecule has 1 heterocycles. The van der Waals surface area contributed by atoms with Crippen molar-refractivity contribution in [3.8, 4) is 23.0 Å². The van der Waals surface area contributed by atoms with Crippen molar-refractivity contribution in [2.75, 3.05) is 20.5 Å². The number of amides is 2. The van der Waals surface area contributed by atoms with E-state index in [4.69, 9.17) is 19.9 Å². The molecule has 11 heteroatoms. The minimum atomic E-state index is -2.14. The first-order valence-corrected chi connectivity index (χ1v) is 13.6. The summed E-state index contributed by atoms with van der Waals surface area (Å²) in [4.78, 5) is 28.8. The minimum absolute atomic E-state index is 0.0303. The number of allylic oxidation sites excluding steroid dienone is 3. The number of carbonyl (C=O) groups is 2. The second-order valence-electron chi connectivity index (χ2n) is 9.57. The number of nitrogens with one attached hydrogen (secondary N) is 1. The van der Waals surface area contributed by atoms with Crippen molar-refractivity contribution in [2.45, 2.75) is 30.0 Å². The van der Waals surface area contributed by atoms with Gasteiger partial charge in [0.1, 0.15) is 16.2 Å². The number of alkyl halides is 1. The molecule has 0 radical (unpaired) electrons. The number of para-hydroxylation sites is 1. The van der Waals surface area contributed by atoms with Crippen LogP contribution in [-0.4, -0.2) is 37.3 Å². The van der Waals surface area contributed by atoms with Gasteiger partial charge in [0.25, 0.3) is 0 Å². The molecule has 1 atom stereocenters. The van der Waals surface area contributed by atoms with E-state index in [0.29, 0.717) is 46.0 Å². The number of rotatable bonds is 9. The molecule has 2 amide bonds. The predicted molar refractivity (Wildman–Crippen MR) is 147 cm³/mol. The van der Waals surface area contributed by atoms with Crippen LogP contribution in [0.1, 0.15) is 24.8 Å². The molecule has 1 saturated carbocycles. The van der Waals surface area contributed by atoms with E-state index >= 15 is 8.78 Å². The molecule has 5 rings (SSSR count). The number of thioether (sulfide) groups is 1. The van der Waals surface area contributed by atoms with Crippen LogP contribution in [-0.2, 0) is 15.3 Å². The number of pyridine rings is 1. The lowest BCUT2D eigenvalue weighted by molar-refractivity contribution is -0.134. The molecule has 2 aliphatic carbocycles. The van der Waals surface area contributed by atoms with Gasteiger partial charge in [-0.1, -0.05) is 18.2 Å². The maximum absolute atomic E-state index is 16.4. The average molecular weight is 568 g/mol. The first-order chi connectivity index (χ1) is 19.1. The van der Waals surface area contributed by atoms with Gasteiger partial charge in [-0.15, -0.1) is 11.8 Å². The maximum atomic E-state index is 16.4. The Kier molecular flexibility index (Phi) is 7.17. The Bertz CT molecular complexity index is 1590. The molecule has 2 aliphatic rings. The van der Waals surface area contributed by atoms with Crippen LogP contribution in [0.3, 0.4) is 0 Å². The number of ether oxygens (including phenoxy) is 3. The standard InChI is InChI=1S/C29H27F2N3O5S/c1-37-22-13-17-20(14-23(22)38-2)34-24(40-3)15-21(17)39-25-18(5-4-6-19(25)30)29(31)9-7-16(8-10-29)33-27(36)28(11-12-28)26(32)35/h4-9,13-15H,10-12H2,1-3H3,(H2,32,35)(H,33,36). The van der Waals surface area contributed by atoms with E-state index in [-0.39, 0.29) is 23.5 Å². The average Bonchev–Trinajstić information content (AvgIpc) is 3.77. The highest BCUT2D eigenvalue weighted by Gasteiger charge is 2.55. The molecule has 1 aromatic heterocycles. The molecular formula is C29H27F2N3O5S. The number of nitrogens with two attached hydrogens (primary N) is 1. The molecule has 208 valence electrons. The van der Waals surface area contributed by atoms with Crippen LogP contribution in [0.25, 0.3) is 10.9 Å². The van der Waals surface area contributed by atoms with Gasteiger partial charge in [-0.3, -0.25) is 9.59 Å². The molecule has 1 unspecified atom stereocenters. The second kappa shape index (κ2) is 10.5. The van der Waals surface area contributed by atoms with Crippen LogP contribution in [0.2, 0.25) is 0 Å². The summed E-state index contributed by atoms with van der Waals surface area (Å²) in [6.07, 6.45) is 6.49. The smallest absolute Gasteiger partial charge is 0.240 e. The molecule has 1 fully saturated rings. The third-order valence-electron chi connectivity index (χ3n) is 7.15. The summed E-state index contributed by atoms with van der Waals surface area (Å²) >= 11 is 1.37. The number of fused-ring (bicyclic) bond motifs is 1. The fraction of sp³-hybridized carbons (Fsp3) is 0.276. The summed E-state index contributed by atoms with van der Waals surface area (Å²) in [5.74, 6) is -1.08. The Labute approximate surface area is 233 Å². The molecule has 2 aromatic carbocycles. The van der Waals surface area contributed by atoms with Gasteiger partial charge in [0.2, 0.25) is 11.8 Å². The lowest BCUT2D eigenvalue weighted by Gasteiger charge is -2.27. The van der Waals surface area contributed by atoms with Crippen molar-refractivity contribution >= 4 is 34.5 Å². The van der Waals surface area contributed by atoms with Gasteiger partial charge in [-0.25, -0.2) is 13.8 Å². The van der Waals surface area contributed by atoms with E-state index in [1.165, 1.54) is 62.4 Å². The van der Waals surface area contributed by atoms with Gasteiger partial charge in [0.15, 0.2) is 28.7 Å². The Morgan fingerprint density at radius 2 is 1.82 bits per heavy atom. The normalized spacial score (nSPS) is 19.1. The van der Waals surface area contributed by atoms with Gasteiger partial charge < -0.3 is 25.3 Å². The summed E-state index contributed by atoms with van der Waals surface area (Å²) in [6, 6.07) is 9.06. The van der Waals surface area contributed by atoms with Crippen molar-refractivity contribution < 1.29 is 32.6 Å². The van der Waals surface area contributed by atoms with Crippen LogP contribution in [0, 0.1) is 11.2 Å². The third kappa shape index (κ3) is 4.85. The molecule has 40 heavy (non-hydrogen) atoms. The molecule has 0 aliphatic heterocycles. The van der Waals surface area contributed by atoms with E-state index in [2.05, 4.69) is 10.3 Å². The van der Waals surface area contributed by atoms with Gasteiger partial charge in [0, 0.05) is 35.2 Å². The monoisotopic (exact) mass is 567 g/mol. The zero-order valence-electron chi connectivity index (χ0n) is 22.0. The van der Waals surface area contributed by atoms with Crippen molar-refractivity contribution in [3.05, 3.63) is 71.7 Å². The maximum Gasteiger partial charge on any atom is 0.240 e. The number of primary amides is 1. The van der Waals surface area contributed by atoms with Crippen molar-refractivity contribution in [2.24, 2.45) is 11.1 Å². The fourth-order valence-corrected chi connectivity index (χ4v) is 5.02. The largest absolute Gasteiger partial charge is 0.493 e. The predicted octanol–water partition coefficient (Wildman–Crippen LogP) is 5.30. The number of benzene rings is 2. The molecule has 3 N–H and O–H groups in total. The van der Waals surface area contributed by atoms with Crippen molar-refractivity contribution in [1.82, 2.24) is 10.3 Å². The van der Waals surface area contributed by atoms with Gasteiger partial charge in [-0.2, -0.15) is 0 Å². The number of halogens is 2. The van der Waals surface area contributed by atoms with E-state index in [1.54, 1.807) is 18.2 Å². The van der Waals surface area contributed by atoms with Crippen LogP contribution in [0.15, 0.2) is 65.3 Å². The van der Waals surface area contributed by atoms with Gasteiger partial charge in [-0.05, 0) is 43.4 Å². The first-order valence-electron chi connectivity index (χ1n) is 12.4. The van der Waals surface area contributed by atoms with E-state index in [0.717, 1.165) is 0 Å². The summed E-state index contributed by atoms with van der Waals surface area (Å²) in [7, 11) is 3.00. The minimum Gasteiger partial charge on any atom is -0.493 e. The lowest BCUT2D eigenvalue weighted by Crippen LogP contribution is -2.40. The third-order valence-corrected chi connectivity index (χ3v) is 7.78. The van der Waals surface area contributed by atoms with Gasteiger partial charge >= 0.3 is 0 Å². The molecule has 0 bridgehead atoms. The Hall–Kier alpha value is -4.12. The highest BCUT2D eigenvalue weighted by Crippen LogP contribution is 2.47. The highest BCUT2D eigenvalue weighted by molar-refractivity contribution is 7.98. The Morgan fingerprint density at radius 1 is 1.10 bits per heavy atom. The summed E-state index contributed by atoms with van der Waals surface area (Å²) in [6.45, 7) is 0. The molecule has 0 saturated heterocycles. The number of aromatic nitrogens is 1. The molecule has 8 nitrogen and oxygen atoms in total. The topological polar surface area (TPSA) is 113 Å². The first kappa shape index (κ1) is 27.4. The number of carbonyl (C=O) groups excluding carboxylic acids is 2. The van der Waals surface area contributed by atoms with Crippen LogP contribution in [0.4, 0.5) is 8.78 Å². The number of hydrogen-bond donors (Lipinski definition) is 2. The van der Waals surface area contributed by atoms with E-state index in [9.17, 15) is 9.59 Å². The Morgan fingerprint density at radius 3 is 2.42 bits per heavy atom. The molecular weight excluding hydrogens is 540 g/mol. The summed E-state index contributed by atoms with van der Waals surface area (Å²) in [5.41, 5.74) is 2.84. The zero-order valence-corrected chi connectivity index (χ0v) is 22.9. The Balaban J connectivity index is 1.48. The van der Waals surface area contributed by atoms with Gasteiger partial charge in [0.05, 0.1) is 19.7 Å².